The van der Waals surface area contributed by atoms with Gasteiger partial charge in [-0.2, -0.15) is 5.26 Å². The number of carbonyl (C=O) groups is 1. The Labute approximate surface area is 201 Å². The van der Waals surface area contributed by atoms with E-state index in [9.17, 15) is 14.3 Å². The molecular formula is C25H20Cl2FN3O2. The maximum atomic E-state index is 14.3. The average Bonchev–Trinajstić information content (AvgIpc) is 3.15. The highest BCUT2D eigenvalue weighted by molar-refractivity contribution is 6.30. The highest BCUT2D eigenvalue weighted by atomic mass is 35.5. The number of nitrogens with zero attached hydrogens (tertiary/aromatic N) is 2. The molecule has 0 unspecified atom stereocenters. The molecule has 3 aromatic rings. The molecule has 1 fully saturated rings. The zero-order chi connectivity index (χ0) is 23.5. The molecule has 0 spiro atoms. The number of hydrogen-bond donors (Lipinski definition) is 2. The van der Waals surface area contributed by atoms with E-state index in [1.54, 1.807) is 24.3 Å². The molecule has 0 aliphatic carbocycles. The average molecular weight is 484 g/mol. The molecule has 168 valence electrons. The number of nitriles is 1. The summed E-state index contributed by atoms with van der Waals surface area (Å²) in [6.07, 6.45) is -0.850. The van der Waals surface area contributed by atoms with Crippen LogP contribution in [0.15, 0.2) is 66.7 Å². The molecule has 1 heterocycles. The Balaban J connectivity index is 1.56. The third-order valence-corrected chi connectivity index (χ3v) is 6.22. The lowest BCUT2D eigenvalue weighted by atomic mass is 9.97. The number of hydrogen-bond acceptors (Lipinski definition) is 4. The standard InChI is InChI=1S/C25H20Cl2FN3O2/c26-18-6-2-16(3-7-18)24(17-4-8-19(27)9-5-17)31-13-22(23(32)14-31)30-25(33)20-10-1-15(12-29)11-21(20)28/h1-11,22-24,32H,13-14H2,(H,30,33)/t22-,23-/m0/s1. The number of β-amino-alcohol motifs (C(OH)–C–C–N with tert-alkyl or cyclic N) is 1. The molecule has 0 bridgehead atoms. The first-order valence-corrected chi connectivity index (χ1v) is 11.0. The van der Waals surface area contributed by atoms with Gasteiger partial charge in [-0.3, -0.25) is 9.69 Å². The van der Waals surface area contributed by atoms with Crippen LogP contribution in [0.25, 0.3) is 0 Å². The first-order valence-electron chi connectivity index (χ1n) is 10.3. The molecule has 2 N–H and O–H groups in total. The van der Waals surface area contributed by atoms with Gasteiger partial charge in [0, 0.05) is 23.1 Å². The van der Waals surface area contributed by atoms with Crippen LogP contribution in [0.5, 0.6) is 0 Å². The Morgan fingerprint density at radius 1 is 1.03 bits per heavy atom. The number of carbonyl (C=O) groups excluding carboxylic acids is 1. The molecule has 0 radical (unpaired) electrons. The van der Waals surface area contributed by atoms with Gasteiger partial charge in [0.1, 0.15) is 5.82 Å². The molecular weight excluding hydrogens is 464 g/mol. The number of benzene rings is 3. The van der Waals surface area contributed by atoms with Crippen molar-refractivity contribution in [2.45, 2.75) is 18.2 Å². The van der Waals surface area contributed by atoms with Gasteiger partial charge in [-0.15, -0.1) is 0 Å². The van der Waals surface area contributed by atoms with E-state index >= 15 is 0 Å². The lowest BCUT2D eigenvalue weighted by Gasteiger charge is -2.29. The molecule has 0 saturated carbocycles. The normalized spacial score (nSPS) is 18.3. The Morgan fingerprint density at radius 2 is 1.61 bits per heavy atom. The van der Waals surface area contributed by atoms with Crippen molar-refractivity contribution in [3.8, 4) is 6.07 Å². The summed E-state index contributed by atoms with van der Waals surface area (Å²) in [5.41, 5.74) is 1.90. The van der Waals surface area contributed by atoms with Gasteiger partial charge in [0.05, 0.1) is 35.4 Å². The minimum absolute atomic E-state index is 0.130. The van der Waals surface area contributed by atoms with E-state index in [0.29, 0.717) is 23.1 Å². The van der Waals surface area contributed by atoms with E-state index in [-0.39, 0.29) is 17.2 Å². The highest BCUT2D eigenvalue weighted by Gasteiger charge is 2.37. The van der Waals surface area contributed by atoms with Gasteiger partial charge in [0.25, 0.3) is 5.91 Å². The Hall–Kier alpha value is -2.95. The summed E-state index contributed by atoms with van der Waals surface area (Å²) < 4.78 is 14.3. The third-order valence-electron chi connectivity index (χ3n) is 5.71. The zero-order valence-electron chi connectivity index (χ0n) is 17.4. The number of rotatable bonds is 5. The smallest absolute Gasteiger partial charge is 0.254 e. The Bertz CT molecular complexity index is 1150. The molecule has 1 saturated heterocycles. The summed E-state index contributed by atoms with van der Waals surface area (Å²) in [7, 11) is 0. The van der Waals surface area contributed by atoms with Crippen LogP contribution >= 0.6 is 23.2 Å². The monoisotopic (exact) mass is 483 g/mol. The fourth-order valence-corrected chi connectivity index (χ4v) is 4.34. The minimum Gasteiger partial charge on any atom is -0.390 e. The number of likely N-dealkylation sites (tertiary alicyclic amines) is 1. The number of aliphatic hydroxyl groups is 1. The van der Waals surface area contributed by atoms with E-state index in [1.165, 1.54) is 12.1 Å². The molecule has 1 aliphatic rings. The molecule has 5 nitrogen and oxygen atoms in total. The summed E-state index contributed by atoms with van der Waals surface area (Å²) in [4.78, 5) is 14.7. The second-order valence-corrected chi connectivity index (χ2v) is 8.79. The van der Waals surface area contributed by atoms with Crippen molar-refractivity contribution in [1.82, 2.24) is 10.2 Å². The predicted molar refractivity (Wildman–Crippen MR) is 125 cm³/mol. The topological polar surface area (TPSA) is 76.4 Å². The maximum absolute atomic E-state index is 14.3. The van der Waals surface area contributed by atoms with Crippen molar-refractivity contribution >= 4 is 29.1 Å². The number of halogens is 3. The van der Waals surface area contributed by atoms with Crippen LogP contribution in [0.1, 0.15) is 33.1 Å². The van der Waals surface area contributed by atoms with Crippen LogP contribution in [-0.4, -0.2) is 41.1 Å². The molecule has 1 amide bonds. The molecule has 33 heavy (non-hydrogen) atoms. The fraction of sp³-hybridized carbons (Fsp3) is 0.200. The minimum atomic E-state index is -0.850. The maximum Gasteiger partial charge on any atom is 0.254 e. The van der Waals surface area contributed by atoms with Gasteiger partial charge in [-0.1, -0.05) is 47.5 Å². The van der Waals surface area contributed by atoms with Crippen molar-refractivity contribution in [2.75, 3.05) is 13.1 Å². The molecule has 1 aliphatic heterocycles. The molecule has 4 rings (SSSR count). The van der Waals surface area contributed by atoms with E-state index in [0.717, 1.165) is 17.2 Å². The van der Waals surface area contributed by atoms with Crippen LogP contribution in [0.3, 0.4) is 0 Å². The molecule has 2 atom stereocenters. The van der Waals surface area contributed by atoms with Gasteiger partial charge in [0.15, 0.2) is 0 Å². The van der Waals surface area contributed by atoms with Crippen molar-refractivity contribution in [2.24, 2.45) is 0 Å². The van der Waals surface area contributed by atoms with Crippen molar-refractivity contribution in [1.29, 1.82) is 5.26 Å². The lowest BCUT2D eigenvalue weighted by Crippen LogP contribution is -2.43. The van der Waals surface area contributed by atoms with Crippen molar-refractivity contribution in [3.05, 3.63) is 105 Å². The quantitative estimate of drug-likeness (QED) is 0.557. The fourth-order valence-electron chi connectivity index (χ4n) is 4.09. The Morgan fingerprint density at radius 3 is 2.12 bits per heavy atom. The van der Waals surface area contributed by atoms with Gasteiger partial charge in [0.2, 0.25) is 0 Å². The summed E-state index contributed by atoms with van der Waals surface area (Å²) in [6.45, 7) is 0.650. The second-order valence-electron chi connectivity index (χ2n) is 7.91. The van der Waals surface area contributed by atoms with Crippen LogP contribution in [0.4, 0.5) is 4.39 Å². The summed E-state index contributed by atoms with van der Waals surface area (Å²) in [5.74, 6) is -1.42. The highest BCUT2D eigenvalue weighted by Crippen LogP contribution is 2.33. The summed E-state index contributed by atoms with van der Waals surface area (Å²) in [6, 6.07) is 19.6. The third kappa shape index (κ3) is 5.18. The van der Waals surface area contributed by atoms with Crippen molar-refractivity contribution in [3.63, 3.8) is 0 Å². The predicted octanol–water partition coefficient (Wildman–Crippen LogP) is 4.57. The summed E-state index contributed by atoms with van der Waals surface area (Å²) >= 11 is 12.1. The van der Waals surface area contributed by atoms with Gasteiger partial charge >= 0.3 is 0 Å². The largest absolute Gasteiger partial charge is 0.390 e. The Kier molecular flexibility index (Phi) is 6.96. The molecule has 0 aromatic heterocycles. The first kappa shape index (κ1) is 23.2. The SMILES string of the molecule is N#Cc1ccc(C(=O)N[C@H]2CN(C(c3ccc(Cl)cc3)c3ccc(Cl)cc3)C[C@@H]2O)c(F)c1. The van der Waals surface area contributed by atoms with Crippen LogP contribution < -0.4 is 5.32 Å². The second kappa shape index (κ2) is 9.90. The van der Waals surface area contributed by atoms with Crippen LogP contribution in [0.2, 0.25) is 10.0 Å². The van der Waals surface area contributed by atoms with E-state index in [1.807, 2.05) is 30.3 Å². The van der Waals surface area contributed by atoms with Gasteiger partial charge in [-0.05, 0) is 53.6 Å². The van der Waals surface area contributed by atoms with Crippen molar-refractivity contribution < 1.29 is 14.3 Å². The molecule has 3 aromatic carbocycles. The molecule has 8 heteroatoms. The van der Waals surface area contributed by atoms with E-state index in [4.69, 9.17) is 28.5 Å². The van der Waals surface area contributed by atoms with E-state index < -0.39 is 23.9 Å². The summed E-state index contributed by atoms with van der Waals surface area (Å²) in [5, 5.41) is 23.6. The first-order chi connectivity index (χ1) is 15.9. The van der Waals surface area contributed by atoms with Crippen LogP contribution in [0, 0.1) is 17.1 Å². The zero-order valence-corrected chi connectivity index (χ0v) is 18.9. The number of aliphatic hydroxyl groups excluding tert-OH is 1. The number of amides is 1. The lowest BCUT2D eigenvalue weighted by molar-refractivity contribution is 0.0884. The number of nitrogens with one attached hydrogen (secondary N) is 1. The van der Waals surface area contributed by atoms with Crippen LogP contribution in [-0.2, 0) is 0 Å². The van der Waals surface area contributed by atoms with Gasteiger partial charge < -0.3 is 10.4 Å². The van der Waals surface area contributed by atoms with E-state index in [2.05, 4.69) is 10.2 Å². The van der Waals surface area contributed by atoms with Gasteiger partial charge in [-0.25, -0.2) is 4.39 Å².